The number of halogens is 1. The summed E-state index contributed by atoms with van der Waals surface area (Å²) in [6.07, 6.45) is 1.79. The molecule has 0 saturated heterocycles. The molecular weight excluding hydrogens is 282 g/mol. The minimum atomic E-state index is -0.666. The molecule has 0 bridgehead atoms. The second-order valence-corrected chi connectivity index (χ2v) is 5.45. The van der Waals surface area contributed by atoms with Crippen molar-refractivity contribution in [1.82, 2.24) is 4.90 Å². The molecule has 1 N–H and O–H groups in total. The van der Waals surface area contributed by atoms with E-state index in [1.165, 1.54) is 5.56 Å². The summed E-state index contributed by atoms with van der Waals surface area (Å²) in [6.45, 7) is 0.788. The fourth-order valence-corrected chi connectivity index (χ4v) is 2.72. The highest BCUT2D eigenvalue weighted by Gasteiger charge is 2.38. The van der Waals surface area contributed by atoms with Gasteiger partial charge in [-0.3, -0.25) is 9.69 Å². The quantitative estimate of drug-likeness (QED) is 0.929. The number of nitrogens with zero attached hydrogens (tertiary/aromatic N) is 1. The first-order valence-corrected chi connectivity index (χ1v) is 6.55. The molecule has 0 radical (unpaired) electrons. The van der Waals surface area contributed by atoms with E-state index in [9.17, 15) is 4.79 Å². The molecule has 17 heavy (non-hydrogen) atoms. The predicted octanol–water partition coefficient (Wildman–Crippen LogP) is 2.74. The van der Waals surface area contributed by atoms with Crippen LogP contribution in [-0.4, -0.2) is 29.1 Å². The lowest BCUT2D eigenvalue weighted by molar-refractivity contribution is -0.148. The minimum Gasteiger partial charge on any atom is -0.481 e. The van der Waals surface area contributed by atoms with Gasteiger partial charge in [0, 0.05) is 17.1 Å². The lowest BCUT2D eigenvalue weighted by Crippen LogP contribution is -2.48. The first-order chi connectivity index (χ1) is 8.09. The number of hydrogen-bond donors (Lipinski definition) is 1. The highest BCUT2D eigenvalue weighted by atomic mass is 79.9. The monoisotopic (exact) mass is 297 g/mol. The number of aliphatic carboxylic acids is 1. The van der Waals surface area contributed by atoms with Gasteiger partial charge in [0.1, 0.15) is 0 Å². The van der Waals surface area contributed by atoms with Crippen molar-refractivity contribution in [1.29, 1.82) is 0 Å². The van der Waals surface area contributed by atoms with Crippen LogP contribution < -0.4 is 0 Å². The maximum absolute atomic E-state index is 11.0. The van der Waals surface area contributed by atoms with Crippen molar-refractivity contribution in [2.75, 3.05) is 7.05 Å². The summed E-state index contributed by atoms with van der Waals surface area (Å²) in [5.74, 6) is -0.859. The first-order valence-electron chi connectivity index (χ1n) is 5.76. The van der Waals surface area contributed by atoms with E-state index in [4.69, 9.17) is 5.11 Å². The second kappa shape index (κ2) is 5.19. The molecule has 92 valence electrons. The maximum Gasteiger partial charge on any atom is 0.308 e. The Hall–Kier alpha value is -0.870. The van der Waals surface area contributed by atoms with Crippen molar-refractivity contribution in [2.24, 2.45) is 5.92 Å². The van der Waals surface area contributed by atoms with Crippen molar-refractivity contribution >= 4 is 21.9 Å². The van der Waals surface area contributed by atoms with Gasteiger partial charge in [0.15, 0.2) is 0 Å². The molecule has 2 atom stereocenters. The van der Waals surface area contributed by atoms with E-state index in [0.29, 0.717) is 0 Å². The van der Waals surface area contributed by atoms with Crippen molar-refractivity contribution < 1.29 is 9.90 Å². The number of carboxylic acid groups (broad SMARTS) is 1. The molecule has 4 heteroatoms. The number of carbonyl (C=O) groups is 1. The summed E-state index contributed by atoms with van der Waals surface area (Å²) >= 11 is 3.51. The van der Waals surface area contributed by atoms with E-state index >= 15 is 0 Å². The predicted molar refractivity (Wildman–Crippen MR) is 69.8 cm³/mol. The third kappa shape index (κ3) is 2.69. The van der Waals surface area contributed by atoms with Crippen molar-refractivity contribution in [3.8, 4) is 0 Å². The van der Waals surface area contributed by atoms with E-state index in [-0.39, 0.29) is 12.0 Å². The molecule has 1 aliphatic rings. The Morgan fingerprint density at radius 3 is 2.71 bits per heavy atom. The standard InChI is InChI=1S/C13H16BrNO2/c1-15(12-7-6-10(12)13(16)17)8-9-4-2-3-5-11(9)14/h2-5,10,12H,6-8H2,1H3,(H,16,17). The van der Waals surface area contributed by atoms with Gasteiger partial charge in [-0.2, -0.15) is 0 Å². The molecule has 1 aromatic rings. The number of benzene rings is 1. The SMILES string of the molecule is CN(Cc1ccccc1Br)C1CCC1C(=O)O. The van der Waals surface area contributed by atoms with Gasteiger partial charge in [0.25, 0.3) is 0 Å². The van der Waals surface area contributed by atoms with E-state index in [1.807, 2.05) is 25.2 Å². The lowest BCUT2D eigenvalue weighted by Gasteiger charge is -2.40. The van der Waals surface area contributed by atoms with E-state index in [2.05, 4.69) is 26.9 Å². The zero-order chi connectivity index (χ0) is 12.4. The lowest BCUT2D eigenvalue weighted by atomic mass is 9.78. The van der Waals surface area contributed by atoms with Crippen LogP contribution >= 0.6 is 15.9 Å². The molecule has 1 fully saturated rings. The summed E-state index contributed by atoms with van der Waals surface area (Å²) in [7, 11) is 2.00. The normalized spacial score (nSPS) is 23.5. The molecule has 0 aromatic heterocycles. The Bertz CT molecular complexity index is 422. The molecule has 3 nitrogen and oxygen atoms in total. The van der Waals surface area contributed by atoms with Crippen LogP contribution in [-0.2, 0) is 11.3 Å². The van der Waals surface area contributed by atoms with E-state index < -0.39 is 5.97 Å². The average Bonchev–Trinajstić information content (AvgIpc) is 2.18. The van der Waals surface area contributed by atoms with Gasteiger partial charge in [-0.25, -0.2) is 0 Å². The summed E-state index contributed by atoms with van der Waals surface area (Å²) in [4.78, 5) is 13.1. The summed E-state index contributed by atoms with van der Waals surface area (Å²) in [5, 5.41) is 9.04. The van der Waals surface area contributed by atoms with Gasteiger partial charge in [-0.05, 0) is 31.5 Å². The average molecular weight is 298 g/mol. The fraction of sp³-hybridized carbons (Fsp3) is 0.462. The van der Waals surface area contributed by atoms with Crippen molar-refractivity contribution in [3.05, 3.63) is 34.3 Å². The van der Waals surface area contributed by atoms with Crippen molar-refractivity contribution in [2.45, 2.75) is 25.4 Å². The third-order valence-electron chi connectivity index (χ3n) is 3.50. The number of rotatable bonds is 4. The minimum absolute atomic E-state index is 0.180. The Morgan fingerprint density at radius 2 is 2.18 bits per heavy atom. The number of carboxylic acids is 1. The first kappa shape index (κ1) is 12.6. The molecule has 2 rings (SSSR count). The van der Waals surface area contributed by atoms with Crippen LogP contribution in [0.2, 0.25) is 0 Å². The Labute approximate surface area is 110 Å². The number of hydrogen-bond acceptors (Lipinski definition) is 2. The van der Waals surface area contributed by atoms with Gasteiger partial charge >= 0.3 is 5.97 Å². The summed E-state index contributed by atoms with van der Waals surface area (Å²) in [6, 6.07) is 8.24. The van der Waals surface area contributed by atoms with Crippen LogP contribution in [0.3, 0.4) is 0 Å². The molecule has 1 saturated carbocycles. The molecule has 1 aliphatic carbocycles. The zero-order valence-corrected chi connectivity index (χ0v) is 11.4. The molecule has 1 aromatic carbocycles. The van der Waals surface area contributed by atoms with Crippen molar-refractivity contribution in [3.63, 3.8) is 0 Å². The van der Waals surface area contributed by atoms with E-state index in [1.54, 1.807) is 0 Å². The van der Waals surface area contributed by atoms with Gasteiger partial charge in [-0.1, -0.05) is 34.1 Å². The molecule has 0 spiro atoms. The van der Waals surface area contributed by atoms with Crippen LogP contribution in [0.1, 0.15) is 18.4 Å². The highest BCUT2D eigenvalue weighted by Crippen LogP contribution is 2.33. The largest absolute Gasteiger partial charge is 0.481 e. The van der Waals surface area contributed by atoms with Gasteiger partial charge in [0.2, 0.25) is 0 Å². The van der Waals surface area contributed by atoms with Crippen LogP contribution in [0.5, 0.6) is 0 Å². The summed E-state index contributed by atoms with van der Waals surface area (Å²) in [5.41, 5.74) is 1.20. The maximum atomic E-state index is 11.0. The smallest absolute Gasteiger partial charge is 0.308 e. The Balaban J connectivity index is 2.00. The molecule has 0 heterocycles. The molecule has 2 unspecified atom stereocenters. The Kier molecular flexibility index (Phi) is 3.84. The second-order valence-electron chi connectivity index (χ2n) is 4.60. The van der Waals surface area contributed by atoms with Crippen LogP contribution in [0.15, 0.2) is 28.7 Å². The zero-order valence-electron chi connectivity index (χ0n) is 9.77. The molecule has 0 aliphatic heterocycles. The van der Waals surface area contributed by atoms with Gasteiger partial charge in [0.05, 0.1) is 5.92 Å². The Morgan fingerprint density at radius 1 is 1.47 bits per heavy atom. The fourth-order valence-electron chi connectivity index (χ4n) is 2.31. The van der Waals surface area contributed by atoms with E-state index in [0.717, 1.165) is 23.9 Å². The van der Waals surface area contributed by atoms with Crippen LogP contribution in [0, 0.1) is 5.92 Å². The van der Waals surface area contributed by atoms with Crippen LogP contribution in [0.25, 0.3) is 0 Å². The van der Waals surface area contributed by atoms with Gasteiger partial charge < -0.3 is 5.11 Å². The highest BCUT2D eigenvalue weighted by molar-refractivity contribution is 9.10. The molecule has 0 amide bonds. The van der Waals surface area contributed by atoms with Crippen LogP contribution in [0.4, 0.5) is 0 Å². The topological polar surface area (TPSA) is 40.5 Å². The van der Waals surface area contributed by atoms with Gasteiger partial charge in [-0.15, -0.1) is 0 Å². The summed E-state index contributed by atoms with van der Waals surface area (Å²) < 4.78 is 1.08. The third-order valence-corrected chi connectivity index (χ3v) is 4.27. The molecular formula is C13H16BrNO2.